The molecular weight excluding hydrogens is 184 g/mol. The third-order valence-corrected chi connectivity index (χ3v) is 4.19. The zero-order chi connectivity index (χ0) is 10.5. The van der Waals surface area contributed by atoms with E-state index in [1.807, 2.05) is 0 Å². The summed E-state index contributed by atoms with van der Waals surface area (Å²) in [5.41, 5.74) is 0. The van der Waals surface area contributed by atoms with Gasteiger partial charge in [-0.1, -0.05) is 13.3 Å². The van der Waals surface area contributed by atoms with E-state index in [0.717, 1.165) is 11.8 Å². The molecule has 2 aliphatic rings. The average Bonchev–Trinajstić information content (AvgIpc) is 2.76. The van der Waals surface area contributed by atoms with E-state index in [1.165, 1.54) is 64.8 Å². The molecule has 88 valence electrons. The van der Waals surface area contributed by atoms with Crippen LogP contribution < -0.4 is 5.32 Å². The molecule has 0 aliphatic carbocycles. The topological polar surface area (TPSA) is 15.3 Å². The molecule has 1 atom stereocenters. The standard InChI is InChI=1S/C13H26N2/c1-2-3-9-15-10-6-13(11-15)12-4-7-14-8-5-12/h12-14H,2-11H2,1H3. The predicted molar refractivity (Wildman–Crippen MR) is 65.0 cm³/mol. The molecule has 0 amide bonds. The third-order valence-electron chi connectivity index (χ3n) is 4.19. The zero-order valence-electron chi connectivity index (χ0n) is 10.2. The normalized spacial score (nSPS) is 29.8. The molecule has 2 fully saturated rings. The molecule has 0 spiro atoms. The van der Waals surface area contributed by atoms with Crippen LogP contribution in [0.3, 0.4) is 0 Å². The highest BCUT2D eigenvalue weighted by Gasteiger charge is 2.29. The summed E-state index contributed by atoms with van der Waals surface area (Å²) in [6, 6.07) is 0. The van der Waals surface area contributed by atoms with Gasteiger partial charge in [0.05, 0.1) is 0 Å². The average molecular weight is 210 g/mol. The van der Waals surface area contributed by atoms with Crippen molar-refractivity contribution < 1.29 is 0 Å². The molecular formula is C13H26N2. The zero-order valence-corrected chi connectivity index (χ0v) is 10.2. The first-order chi connectivity index (χ1) is 7.40. The van der Waals surface area contributed by atoms with Gasteiger partial charge in [0.15, 0.2) is 0 Å². The quantitative estimate of drug-likeness (QED) is 0.764. The summed E-state index contributed by atoms with van der Waals surface area (Å²) in [5, 5.41) is 3.47. The SMILES string of the molecule is CCCCN1CCC(C2CCNCC2)C1. The van der Waals surface area contributed by atoms with Gasteiger partial charge in [0.2, 0.25) is 0 Å². The van der Waals surface area contributed by atoms with Crippen molar-refractivity contribution in [2.24, 2.45) is 11.8 Å². The molecule has 0 radical (unpaired) electrons. The molecule has 0 aromatic heterocycles. The Hall–Kier alpha value is -0.0800. The summed E-state index contributed by atoms with van der Waals surface area (Å²) in [6.07, 6.45) is 7.04. The first-order valence-electron chi connectivity index (χ1n) is 6.83. The van der Waals surface area contributed by atoms with Crippen LogP contribution in [-0.2, 0) is 0 Å². The van der Waals surface area contributed by atoms with Crippen molar-refractivity contribution in [2.75, 3.05) is 32.7 Å². The Morgan fingerprint density at radius 3 is 2.67 bits per heavy atom. The maximum atomic E-state index is 3.47. The molecule has 0 aromatic carbocycles. The van der Waals surface area contributed by atoms with Gasteiger partial charge in [-0.15, -0.1) is 0 Å². The largest absolute Gasteiger partial charge is 0.317 e. The number of hydrogen-bond donors (Lipinski definition) is 1. The molecule has 15 heavy (non-hydrogen) atoms. The number of rotatable bonds is 4. The molecule has 2 saturated heterocycles. The van der Waals surface area contributed by atoms with E-state index in [2.05, 4.69) is 17.1 Å². The van der Waals surface area contributed by atoms with Crippen molar-refractivity contribution in [3.05, 3.63) is 0 Å². The summed E-state index contributed by atoms with van der Waals surface area (Å²) in [4.78, 5) is 2.69. The van der Waals surface area contributed by atoms with Crippen molar-refractivity contribution in [3.63, 3.8) is 0 Å². The number of nitrogens with zero attached hydrogens (tertiary/aromatic N) is 1. The summed E-state index contributed by atoms with van der Waals surface area (Å²) in [5.74, 6) is 2.04. The first-order valence-corrected chi connectivity index (χ1v) is 6.83. The Bertz CT molecular complexity index is 175. The van der Waals surface area contributed by atoms with Gasteiger partial charge in [0, 0.05) is 6.54 Å². The van der Waals surface area contributed by atoms with Crippen LogP contribution in [0.5, 0.6) is 0 Å². The summed E-state index contributed by atoms with van der Waals surface area (Å²) in [7, 11) is 0. The minimum atomic E-state index is 1.02. The Kier molecular flexibility index (Phi) is 4.45. The van der Waals surface area contributed by atoms with Crippen LogP contribution in [-0.4, -0.2) is 37.6 Å². The Balaban J connectivity index is 1.71. The molecule has 0 bridgehead atoms. The van der Waals surface area contributed by atoms with E-state index in [4.69, 9.17) is 0 Å². The second-order valence-electron chi connectivity index (χ2n) is 5.29. The van der Waals surface area contributed by atoms with Gasteiger partial charge < -0.3 is 10.2 Å². The van der Waals surface area contributed by atoms with Crippen LogP contribution in [0.4, 0.5) is 0 Å². The number of hydrogen-bond acceptors (Lipinski definition) is 2. The van der Waals surface area contributed by atoms with Crippen molar-refractivity contribution in [1.29, 1.82) is 0 Å². The first kappa shape index (κ1) is 11.4. The molecule has 1 unspecified atom stereocenters. The third kappa shape index (κ3) is 3.18. The van der Waals surface area contributed by atoms with Crippen LogP contribution in [0.25, 0.3) is 0 Å². The Labute approximate surface area is 94.4 Å². The van der Waals surface area contributed by atoms with E-state index < -0.39 is 0 Å². The lowest BCUT2D eigenvalue weighted by atomic mass is 9.84. The lowest BCUT2D eigenvalue weighted by Gasteiger charge is -2.28. The highest BCUT2D eigenvalue weighted by atomic mass is 15.1. The van der Waals surface area contributed by atoms with Gasteiger partial charge in [0.1, 0.15) is 0 Å². The fraction of sp³-hybridized carbons (Fsp3) is 1.00. The number of nitrogens with one attached hydrogen (secondary N) is 1. The van der Waals surface area contributed by atoms with Gasteiger partial charge in [-0.05, 0) is 63.7 Å². The maximum absolute atomic E-state index is 3.47. The Morgan fingerprint density at radius 2 is 1.93 bits per heavy atom. The lowest BCUT2D eigenvalue weighted by Crippen LogP contribution is -2.33. The minimum Gasteiger partial charge on any atom is -0.317 e. The molecule has 2 nitrogen and oxygen atoms in total. The van der Waals surface area contributed by atoms with E-state index in [9.17, 15) is 0 Å². The molecule has 2 aliphatic heterocycles. The van der Waals surface area contributed by atoms with Crippen LogP contribution in [0, 0.1) is 11.8 Å². The number of piperidine rings is 1. The van der Waals surface area contributed by atoms with Crippen LogP contribution in [0.15, 0.2) is 0 Å². The van der Waals surface area contributed by atoms with E-state index in [0.29, 0.717) is 0 Å². The Morgan fingerprint density at radius 1 is 1.13 bits per heavy atom. The lowest BCUT2D eigenvalue weighted by molar-refractivity contribution is 0.244. The van der Waals surface area contributed by atoms with Gasteiger partial charge in [-0.3, -0.25) is 0 Å². The van der Waals surface area contributed by atoms with Crippen LogP contribution in [0.1, 0.15) is 39.0 Å². The molecule has 0 aromatic rings. The summed E-state index contributed by atoms with van der Waals surface area (Å²) < 4.78 is 0. The highest BCUT2D eigenvalue weighted by Crippen LogP contribution is 2.29. The fourth-order valence-corrected chi connectivity index (χ4v) is 3.15. The predicted octanol–water partition coefficient (Wildman–Crippen LogP) is 2.11. The van der Waals surface area contributed by atoms with Crippen molar-refractivity contribution in [1.82, 2.24) is 10.2 Å². The van der Waals surface area contributed by atoms with Crippen LogP contribution >= 0.6 is 0 Å². The second-order valence-corrected chi connectivity index (χ2v) is 5.29. The van der Waals surface area contributed by atoms with E-state index >= 15 is 0 Å². The van der Waals surface area contributed by atoms with Crippen molar-refractivity contribution in [3.8, 4) is 0 Å². The van der Waals surface area contributed by atoms with Gasteiger partial charge >= 0.3 is 0 Å². The smallest absolute Gasteiger partial charge is 0.00128 e. The molecule has 0 saturated carbocycles. The van der Waals surface area contributed by atoms with Crippen molar-refractivity contribution >= 4 is 0 Å². The number of likely N-dealkylation sites (tertiary alicyclic amines) is 1. The van der Waals surface area contributed by atoms with Gasteiger partial charge in [-0.2, -0.15) is 0 Å². The highest BCUT2D eigenvalue weighted by molar-refractivity contribution is 4.83. The maximum Gasteiger partial charge on any atom is 0.00128 e. The van der Waals surface area contributed by atoms with Crippen molar-refractivity contribution in [2.45, 2.75) is 39.0 Å². The van der Waals surface area contributed by atoms with E-state index in [1.54, 1.807) is 0 Å². The van der Waals surface area contributed by atoms with Gasteiger partial charge in [-0.25, -0.2) is 0 Å². The van der Waals surface area contributed by atoms with Crippen LogP contribution in [0.2, 0.25) is 0 Å². The number of unbranched alkanes of at least 4 members (excludes halogenated alkanes) is 1. The van der Waals surface area contributed by atoms with E-state index in [-0.39, 0.29) is 0 Å². The summed E-state index contributed by atoms with van der Waals surface area (Å²) >= 11 is 0. The molecule has 2 heteroatoms. The van der Waals surface area contributed by atoms with Gasteiger partial charge in [0.25, 0.3) is 0 Å². The molecule has 1 N–H and O–H groups in total. The molecule has 2 rings (SSSR count). The monoisotopic (exact) mass is 210 g/mol. The summed E-state index contributed by atoms with van der Waals surface area (Å²) in [6.45, 7) is 8.92. The molecule has 2 heterocycles. The minimum absolute atomic E-state index is 1.02. The fourth-order valence-electron chi connectivity index (χ4n) is 3.15. The second kappa shape index (κ2) is 5.86.